The van der Waals surface area contributed by atoms with Crippen molar-refractivity contribution in [3.05, 3.63) is 71.2 Å². The standard InChI is InChI=1S/C21H20ClNO3/c1-14(26-20-5-3-4-18(22)12-20)21(24)23-13-15-6-7-17-11-19(25-2)9-8-16(17)10-15/h3-12,14H,13H2,1-2H3,(H,23,24). The molecular formula is C21H20ClNO3. The quantitative estimate of drug-likeness (QED) is 0.691. The van der Waals surface area contributed by atoms with Gasteiger partial charge in [-0.3, -0.25) is 4.79 Å². The summed E-state index contributed by atoms with van der Waals surface area (Å²) in [7, 11) is 1.65. The lowest BCUT2D eigenvalue weighted by molar-refractivity contribution is -0.127. The van der Waals surface area contributed by atoms with Gasteiger partial charge in [0.05, 0.1) is 7.11 Å². The third kappa shape index (κ3) is 4.46. The molecule has 0 saturated heterocycles. The number of benzene rings is 3. The molecule has 4 nitrogen and oxygen atoms in total. The molecule has 134 valence electrons. The van der Waals surface area contributed by atoms with E-state index in [-0.39, 0.29) is 5.91 Å². The molecule has 1 N–H and O–H groups in total. The number of amides is 1. The molecule has 1 amide bonds. The molecule has 1 unspecified atom stereocenters. The van der Waals surface area contributed by atoms with Gasteiger partial charge in [0.1, 0.15) is 11.5 Å². The first-order chi connectivity index (χ1) is 12.5. The Hall–Kier alpha value is -2.72. The van der Waals surface area contributed by atoms with Crippen LogP contribution >= 0.6 is 11.6 Å². The molecule has 26 heavy (non-hydrogen) atoms. The number of ether oxygens (including phenoxy) is 2. The van der Waals surface area contributed by atoms with Crippen molar-refractivity contribution in [2.24, 2.45) is 0 Å². The van der Waals surface area contributed by atoms with Gasteiger partial charge in [-0.1, -0.05) is 35.9 Å². The molecule has 3 aromatic rings. The van der Waals surface area contributed by atoms with E-state index in [2.05, 4.69) is 11.4 Å². The van der Waals surface area contributed by atoms with Crippen molar-refractivity contribution >= 4 is 28.3 Å². The molecule has 0 spiro atoms. The zero-order valence-electron chi connectivity index (χ0n) is 14.7. The average molecular weight is 370 g/mol. The van der Waals surface area contributed by atoms with Crippen LogP contribution in [-0.2, 0) is 11.3 Å². The molecule has 0 saturated carbocycles. The fraction of sp³-hybridized carbons (Fsp3) is 0.190. The number of carbonyl (C=O) groups is 1. The number of nitrogens with one attached hydrogen (secondary N) is 1. The molecule has 0 aliphatic carbocycles. The van der Waals surface area contributed by atoms with Crippen molar-refractivity contribution < 1.29 is 14.3 Å². The summed E-state index contributed by atoms with van der Waals surface area (Å²) >= 11 is 5.93. The highest BCUT2D eigenvalue weighted by Gasteiger charge is 2.14. The number of hydrogen-bond donors (Lipinski definition) is 1. The van der Waals surface area contributed by atoms with Gasteiger partial charge in [0.2, 0.25) is 0 Å². The van der Waals surface area contributed by atoms with Crippen molar-refractivity contribution in [2.45, 2.75) is 19.6 Å². The van der Waals surface area contributed by atoms with Crippen molar-refractivity contribution in [1.82, 2.24) is 5.32 Å². The second-order valence-corrected chi connectivity index (χ2v) is 6.42. The first-order valence-corrected chi connectivity index (χ1v) is 8.69. The third-order valence-electron chi connectivity index (χ3n) is 4.06. The molecule has 0 aliphatic rings. The van der Waals surface area contributed by atoms with Crippen molar-refractivity contribution in [2.75, 3.05) is 7.11 Å². The molecular weight excluding hydrogens is 350 g/mol. The Morgan fingerprint density at radius 1 is 1.04 bits per heavy atom. The van der Waals surface area contributed by atoms with E-state index in [0.29, 0.717) is 17.3 Å². The summed E-state index contributed by atoms with van der Waals surface area (Å²) in [6, 6.07) is 19.0. The minimum atomic E-state index is -0.613. The highest BCUT2D eigenvalue weighted by Crippen LogP contribution is 2.22. The first-order valence-electron chi connectivity index (χ1n) is 8.32. The Bertz CT molecular complexity index is 926. The van der Waals surface area contributed by atoms with E-state index in [1.54, 1.807) is 38.3 Å². The molecule has 3 rings (SSSR count). The largest absolute Gasteiger partial charge is 0.497 e. The van der Waals surface area contributed by atoms with Gasteiger partial charge in [-0.2, -0.15) is 0 Å². The second-order valence-electron chi connectivity index (χ2n) is 5.98. The van der Waals surface area contributed by atoms with Crippen molar-refractivity contribution in [3.8, 4) is 11.5 Å². The molecule has 3 aromatic carbocycles. The van der Waals surface area contributed by atoms with Crippen LogP contribution in [0.15, 0.2) is 60.7 Å². The minimum absolute atomic E-state index is 0.181. The molecule has 0 radical (unpaired) electrons. The summed E-state index contributed by atoms with van der Waals surface area (Å²) in [5, 5.41) is 5.66. The molecule has 0 fully saturated rings. The van der Waals surface area contributed by atoms with E-state index in [1.807, 2.05) is 30.3 Å². The summed E-state index contributed by atoms with van der Waals surface area (Å²) < 4.78 is 10.9. The summed E-state index contributed by atoms with van der Waals surface area (Å²) in [5.41, 5.74) is 1.02. The normalized spacial score (nSPS) is 11.8. The van der Waals surface area contributed by atoms with Gasteiger partial charge in [-0.15, -0.1) is 0 Å². The van der Waals surface area contributed by atoms with Crippen LogP contribution in [0, 0.1) is 0 Å². The maximum atomic E-state index is 12.3. The van der Waals surface area contributed by atoms with E-state index in [1.165, 1.54) is 0 Å². The lowest BCUT2D eigenvalue weighted by atomic mass is 10.1. The maximum Gasteiger partial charge on any atom is 0.261 e. The molecule has 0 heterocycles. The van der Waals surface area contributed by atoms with E-state index >= 15 is 0 Å². The number of fused-ring (bicyclic) bond motifs is 1. The Morgan fingerprint density at radius 2 is 1.81 bits per heavy atom. The van der Waals surface area contributed by atoms with Crippen LogP contribution in [0.3, 0.4) is 0 Å². The van der Waals surface area contributed by atoms with Crippen LogP contribution in [0.1, 0.15) is 12.5 Å². The monoisotopic (exact) mass is 369 g/mol. The fourth-order valence-corrected chi connectivity index (χ4v) is 2.82. The Kier molecular flexibility index (Phi) is 5.64. The smallest absolute Gasteiger partial charge is 0.261 e. The van der Waals surface area contributed by atoms with E-state index < -0.39 is 6.10 Å². The molecule has 0 aliphatic heterocycles. The Labute approximate surface area is 157 Å². The van der Waals surface area contributed by atoms with Gasteiger partial charge in [0.15, 0.2) is 6.10 Å². The third-order valence-corrected chi connectivity index (χ3v) is 4.29. The van der Waals surface area contributed by atoms with E-state index in [0.717, 1.165) is 22.1 Å². The predicted molar refractivity (Wildman–Crippen MR) is 104 cm³/mol. The van der Waals surface area contributed by atoms with Crippen LogP contribution in [0.2, 0.25) is 5.02 Å². The van der Waals surface area contributed by atoms with Gasteiger partial charge in [-0.25, -0.2) is 0 Å². The lowest BCUT2D eigenvalue weighted by Gasteiger charge is -2.15. The fourth-order valence-electron chi connectivity index (χ4n) is 2.64. The molecule has 0 aromatic heterocycles. The lowest BCUT2D eigenvalue weighted by Crippen LogP contribution is -2.35. The number of hydrogen-bond acceptors (Lipinski definition) is 3. The van der Waals surface area contributed by atoms with Crippen LogP contribution in [0.4, 0.5) is 0 Å². The predicted octanol–water partition coefficient (Wildman–Crippen LogP) is 4.59. The highest BCUT2D eigenvalue weighted by atomic mass is 35.5. The molecule has 1 atom stereocenters. The number of methoxy groups -OCH3 is 1. The Balaban J connectivity index is 1.60. The van der Waals surface area contributed by atoms with Gasteiger partial charge in [0, 0.05) is 11.6 Å². The summed E-state index contributed by atoms with van der Waals surface area (Å²) in [6.07, 6.45) is -0.613. The van der Waals surface area contributed by atoms with Crippen LogP contribution < -0.4 is 14.8 Å². The summed E-state index contributed by atoms with van der Waals surface area (Å²) in [6.45, 7) is 2.15. The van der Waals surface area contributed by atoms with E-state index in [4.69, 9.17) is 21.1 Å². The van der Waals surface area contributed by atoms with Gasteiger partial charge in [-0.05, 0) is 59.7 Å². The van der Waals surface area contributed by atoms with Crippen molar-refractivity contribution in [1.29, 1.82) is 0 Å². The number of carbonyl (C=O) groups excluding carboxylic acids is 1. The summed E-state index contributed by atoms with van der Waals surface area (Å²) in [4.78, 5) is 12.3. The van der Waals surface area contributed by atoms with Gasteiger partial charge < -0.3 is 14.8 Å². The first kappa shape index (κ1) is 18.1. The van der Waals surface area contributed by atoms with Crippen LogP contribution in [-0.4, -0.2) is 19.1 Å². The Morgan fingerprint density at radius 3 is 2.58 bits per heavy atom. The SMILES string of the molecule is COc1ccc2cc(CNC(=O)C(C)Oc3cccc(Cl)c3)ccc2c1. The molecule has 5 heteroatoms. The number of halogens is 1. The van der Waals surface area contributed by atoms with Crippen molar-refractivity contribution in [3.63, 3.8) is 0 Å². The van der Waals surface area contributed by atoms with Crippen LogP contribution in [0.25, 0.3) is 10.8 Å². The average Bonchev–Trinajstić information content (AvgIpc) is 2.65. The zero-order valence-corrected chi connectivity index (χ0v) is 15.4. The number of rotatable bonds is 6. The second kappa shape index (κ2) is 8.11. The highest BCUT2D eigenvalue weighted by molar-refractivity contribution is 6.30. The van der Waals surface area contributed by atoms with E-state index in [9.17, 15) is 4.79 Å². The maximum absolute atomic E-state index is 12.3. The zero-order chi connectivity index (χ0) is 18.5. The summed E-state index contributed by atoms with van der Waals surface area (Å²) in [5.74, 6) is 1.21. The van der Waals surface area contributed by atoms with Crippen LogP contribution in [0.5, 0.6) is 11.5 Å². The van der Waals surface area contributed by atoms with Gasteiger partial charge in [0.25, 0.3) is 5.91 Å². The minimum Gasteiger partial charge on any atom is -0.497 e. The topological polar surface area (TPSA) is 47.6 Å². The van der Waals surface area contributed by atoms with Gasteiger partial charge >= 0.3 is 0 Å². The molecule has 0 bridgehead atoms.